The summed E-state index contributed by atoms with van der Waals surface area (Å²) in [5, 5.41) is 0. The molecule has 0 N–H and O–H groups in total. The quantitative estimate of drug-likeness (QED) is 0.779. The standard InChI is InChI=1S/C23H33N3O3/c1-24-10-12-25(13-11-24)23(28)21-16-26(22(27)17-6-3-4-7-17)15-20(21)18-8-5-9-19(14-18)29-2/h5,8-9,14,17,20-21H,3-4,6-7,10-13,15-16H2,1-2H3/t20-,21+/m1/s1. The zero-order valence-corrected chi connectivity index (χ0v) is 17.7. The Balaban J connectivity index is 1.56. The Hall–Kier alpha value is -2.08. The Morgan fingerprint density at radius 3 is 2.38 bits per heavy atom. The summed E-state index contributed by atoms with van der Waals surface area (Å²) in [4.78, 5) is 32.8. The van der Waals surface area contributed by atoms with Crippen molar-refractivity contribution >= 4 is 11.8 Å². The van der Waals surface area contributed by atoms with Crippen LogP contribution in [0.2, 0.25) is 0 Å². The molecule has 0 bridgehead atoms. The molecule has 29 heavy (non-hydrogen) atoms. The highest BCUT2D eigenvalue weighted by atomic mass is 16.5. The highest BCUT2D eigenvalue weighted by Crippen LogP contribution is 2.37. The molecule has 3 fully saturated rings. The molecule has 0 spiro atoms. The number of likely N-dealkylation sites (N-methyl/N-ethyl adjacent to an activating group) is 1. The van der Waals surface area contributed by atoms with Crippen LogP contribution in [0.25, 0.3) is 0 Å². The first kappa shape index (κ1) is 20.2. The first-order valence-electron chi connectivity index (χ1n) is 11.0. The molecule has 2 saturated heterocycles. The van der Waals surface area contributed by atoms with Gasteiger partial charge in [0.05, 0.1) is 13.0 Å². The van der Waals surface area contributed by atoms with Gasteiger partial charge in [-0.25, -0.2) is 0 Å². The minimum atomic E-state index is -0.170. The maximum Gasteiger partial charge on any atom is 0.228 e. The molecule has 1 saturated carbocycles. The van der Waals surface area contributed by atoms with Crippen molar-refractivity contribution in [3.8, 4) is 5.75 Å². The smallest absolute Gasteiger partial charge is 0.228 e. The Kier molecular flexibility index (Phi) is 6.09. The molecule has 1 aliphatic carbocycles. The van der Waals surface area contributed by atoms with Crippen LogP contribution in [0.3, 0.4) is 0 Å². The van der Waals surface area contributed by atoms with Crippen LogP contribution in [0, 0.1) is 11.8 Å². The zero-order chi connectivity index (χ0) is 20.4. The van der Waals surface area contributed by atoms with Gasteiger partial charge >= 0.3 is 0 Å². The molecule has 0 unspecified atom stereocenters. The number of likely N-dealkylation sites (tertiary alicyclic amines) is 1. The Bertz CT molecular complexity index is 739. The molecule has 2 amide bonds. The van der Waals surface area contributed by atoms with Crippen LogP contribution >= 0.6 is 0 Å². The number of hydrogen-bond acceptors (Lipinski definition) is 4. The van der Waals surface area contributed by atoms with Gasteiger partial charge in [0.25, 0.3) is 0 Å². The normalized spacial score (nSPS) is 26.1. The summed E-state index contributed by atoms with van der Waals surface area (Å²) in [6.07, 6.45) is 4.28. The maximum absolute atomic E-state index is 13.5. The van der Waals surface area contributed by atoms with Gasteiger partial charge in [0.2, 0.25) is 11.8 Å². The van der Waals surface area contributed by atoms with Crippen LogP contribution in [0.15, 0.2) is 24.3 Å². The summed E-state index contributed by atoms with van der Waals surface area (Å²) >= 11 is 0. The number of piperazine rings is 1. The average molecular weight is 400 g/mol. The molecule has 1 aromatic carbocycles. The minimum Gasteiger partial charge on any atom is -0.497 e. The van der Waals surface area contributed by atoms with Gasteiger partial charge in [-0.2, -0.15) is 0 Å². The summed E-state index contributed by atoms with van der Waals surface area (Å²) in [5.74, 6) is 1.27. The van der Waals surface area contributed by atoms with Crippen molar-refractivity contribution in [2.45, 2.75) is 31.6 Å². The second-order valence-corrected chi connectivity index (χ2v) is 8.84. The summed E-state index contributed by atoms with van der Waals surface area (Å²) in [7, 11) is 3.76. The molecule has 4 rings (SSSR count). The third kappa shape index (κ3) is 4.27. The molecular weight excluding hydrogens is 366 g/mol. The molecular formula is C23H33N3O3. The SMILES string of the molecule is COc1cccc([C@H]2CN(C(=O)C3CCCC3)C[C@@H]2C(=O)N2CCN(C)CC2)c1. The van der Waals surface area contributed by atoms with Crippen molar-refractivity contribution in [1.82, 2.24) is 14.7 Å². The fourth-order valence-corrected chi connectivity index (χ4v) is 5.14. The zero-order valence-electron chi connectivity index (χ0n) is 17.7. The molecule has 2 aliphatic heterocycles. The highest BCUT2D eigenvalue weighted by Gasteiger charge is 2.43. The minimum absolute atomic E-state index is 0.0302. The van der Waals surface area contributed by atoms with E-state index in [1.165, 1.54) is 0 Å². The van der Waals surface area contributed by atoms with Crippen LogP contribution in [-0.4, -0.2) is 79.9 Å². The van der Waals surface area contributed by atoms with E-state index in [-0.39, 0.29) is 29.6 Å². The number of carbonyl (C=O) groups is 2. The fourth-order valence-electron chi connectivity index (χ4n) is 5.14. The summed E-state index contributed by atoms with van der Waals surface area (Å²) in [6.45, 7) is 4.54. The number of amides is 2. The van der Waals surface area contributed by atoms with Crippen molar-refractivity contribution < 1.29 is 14.3 Å². The number of benzene rings is 1. The Morgan fingerprint density at radius 1 is 0.966 bits per heavy atom. The lowest BCUT2D eigenvalue weighted by Gasteiger charge is -2.35. The first-order valence-corrected chi connectivity index (χ1v) is 11.0. The largest absolute Gasteiger partial charge is 0.497 e. The van der Waals surface area contributed by atoms with E-state index in [0.29, 0.717) is 13.1 Å². The van der Waals surface area contributed by atoms with Crippen LogP contribution < -0.4 is 4.74 Å². The van der Waals surface area contributed by atoms with Crippen LogP contribution in [-0.2, 0) is 9.59 Å². The van der Waals surface area contributed by atoms with Crippen molar-refractivity contribution in [1.29, 1.82) is 0 Å². The van der Waals surface area contributed by atoms with Crippen LogP contribution in [0.1, 0.15) is 37.2 Å². The third-order valence-corrected chi connectivity index (χ3v) is 6.99. The van der Waals surface area contributed by atoms with Gasteiger partial charge < -0.3 is 19.4 Å². The molecule has 2 heterocycles. The lowest BCUT2D eigenvalue weighted by molar-refractivity contribution is -0.138. The van der Waals surface area contributed by atoms with Crippen molar-refractivity contribution in [2.75, 3.05) is 53.4 Å². The van der Waals surface area contributed by atoms with E-state index < -0.39 is 0 Å². The summed E-state index contributed by atoms with van der Waals surface area (Å²) in [5.41, 5.74) is 1.10. The van der Waals surface area contributed by atoms with E-state index in [1.807, 2.05) is 28.0 Å². The van der Waals surface area contributed by atoms with Crippen LogP contribution in [0.5, 0.6) is 5.75 Å². The van der Waals surface area contributed by atoms with Gasteiger partial charge in [-0.1, -0.05) is 25.0 Å². The summed E-state index contributed by atoms with van der Waals surface area (Å²) in [6, 6.07) is 8.00. The number of rotatable bonds is 4. The van der Waals surface area contributed by atoms with Crippen molar-refractivity contribution in [3.05, 3.63) is 29.8 Å². The fraction of sp³-hybridized carbons (Fsp3) is 0.652. The predicted molar refractivity (Wildman–Crippen MR) is 112 cm³/mol. The Labute approximate surface area is 173 Å². The van der Waals surface area contributed by atoms with Gasteiger partial charge in [-0.15, -0.1) is 0 Å². The number of methoxy groups -OCH3 is 1. The van der Waals surface area contributed by atoms with E-state index in [2.05, 4.69) is 18.0 Å². The van der Waals surface area contributed by atoms with Crippen molar-refractivity contribution in [3.63, 3.8) is 0 Å². The topological polar surface area (TPSA) is 53.1 Å². The molecule has 6 nitrogen and oxygen atoms in total. The maximum atomic E-state index is 13.5. The second-order valence-electron chi connectivity index (χ2n) is 8.84. The molecule has 0 aromatic heterocycles. The van der Waals surface area contributed by atoms with E-state index in [4.69, 9.17) is 4.74 Å². The van der Waals surface area contributed by atoms with Crippen LogP contribution in [0.4, 0.5) is 0 Å². The molecule has 158 valence electrons. The lowest BCUT2D eigenvalue weighted by Crippen LogP contribution is -2.50. The molecule has 3 aliphatic rings. The van der Waals surface area contributed by atoms with Gasteiger partial charge in [0.15, 0.2) is 0 Å². The lowest BCUT2D eigenvalue weighted by atomic mass is 9.87. The van der Waals surface area contributed by atoms with Gasteiger partial charge in [-0.3, -0.25) is 9.59 Å². The molecule has 1 aromatic rings. The monoisotopic (exact) mass is 399 g/mol. The van der Waals surface area contributed by atoms with E-state index in [1.54, 1.807) is 7.11 Å². The predicted octanol–water partition coefficient (Wildman–Crippen LogP) is 2.20. The number of nitrogens with zero attached hydrogens (tertiary/aromatic N) is 3. The number of hydrogen-bond donors (Lipinski definition) is 0. The molecule has 0 radical (unpaired) electrons. The van der Waals surface area contributed by atoms with Crippen molar-refractivity contribution in [2.24, 2.45) is 11.8 Å². The first-order chi connectivity index (χ1) is 14.1. The number of ether oxygens (including phenoxy) is 1. The summed E-state index contributed by atoms with van der Waals surface area (Å²) < 4.78 is 5.41. The average Bonchev–Trinajstić information content (AvgIpc) is 3.44. The third-order valence-electron chi connectivity index (χ3n) is 6.99. The van der Waals surface area contributed by atoms with E-state index in [0.717, 1.165) is 63.2 Å². The molecule has 6 heteroatoms. The van der Waals surface area contributed by atoms with Gasteiger partial charge in [0, 0.05) is 51.1 Å². The van der Waals surface area contributed by atoms with Gasteiger partial charge in [0.1, 0.15) is 5.75 Å². The van der Waals surface area contributed by atoms with E-state index >= 15 is 0 Å². The highest BCUT2D eigenvalue weighted by molar-refractivity contribution is 5.84. The second kappa shape index (κ2) is 8.74. The molecule has 2 atom stereocenters. The van der Waals surface area contributed by atoms with Gasteiger partial charge in [-0.05, 0) is 37.6 Å². The Morgan fingerprint density at radius 2 is 1.69 bits per heavy atom. The number of carbonyl (C=O) groups excluding carboxylic acids is 2. The van der Waals surface area contributed by atoms with E-state index in [9.17, 15) is 9.59 Å².